The molecule has 0 aliphatic carbocycles. The Hall–Kier alpha value is -3.93. The van der Waals surface area contributed by atoms with Gasteiger partial charge in [-0.3, -0.25) is 14.3 Å². The van der Waals surface area contributed by atoms with Crippen LogP contribution in [0.3, 0.4) is 0 Å². The van der Waals surface area contributed by atoms with Crippen LogP contribution in [-0.4, -0.2) is 66.1 Å². The predicted molar refractivity (Wildman–Crippen MR) is 201 cm³/mol. The van der Waals surface area contributed by atoms with Gasteiger partial charge in [-0.1, -0.05) is 65.8 Å². The van der Waals surface area contributed by atoms with Crippen LogP contribution in [0.2, 0.25) is 18.6 Å². The van der Waals surface area contributed by atoms with Gasteiger partial charge in [0.1, 0.15) is 0 Å². The molecular weight excluding hydrogens is 662 g/mol. The molecular formula is C40H52FN5O4Si. The zero-order chi connectivity index (χ0) is 36.5. The largest absolute Gasteiger partial charge is 0.395 e. The number of allylic oxidation sites excluding steroid dienone is 3. The van der Waals surface area contributed by atoms with Gasteiger partial charge >= 0.3 is 0 Å². The number of rotatable bonds is 13. The monoisotopic (exact) mass is 713 g/mol. The van der Waals surface area contributed by atoms with Crippen LogP contribution in [0.5, 0.6) is 0 Å². The third kappa shape index (κ3) is 7.25. The van der Waals surface area contributed by atoms with E-state index >= 15 is 4.11 Å². The van der Waals surface area contributed by atoms with Crippen LogP contribution in [0.25, 0.3) is 0 Å². The molecule has 0 radical (unpaired) electrons. The molecule has 2 fully saturated rings. The van der Waals surface area contributed by atoms with Gasteiger partial charge in [0.25, 0.3) is 5.91 Å². The van der Waals surface area contributed by atoms with Crippen LogP contribution < -0.4 is 9.80 Å². The lowest BCUT2D eigenvalue weighted by Gasteiger charge is -2.31. The van der Waals surface area contributed by atoms with Crippen molar-refractivity contribution >= 4 is 31.6 Å². The molecule has 2 amide bonds. The summed E-state index contributed by atoms with van der Waals surface area (Å²) in [6.45, 7) is 13.0. The highest BCUT2D eigenvalue weighted by molar-refractivity contribution is 6.72. The molecule has 1 N–H and O–H groups in total. The fraction of sp³-hybridized carbons (Fsp3) is 0.500. The summed E-state index contributed by atoms with van der Waals surface area (Å²) in [4.78, 5) is 31.3. The standard InChI is InChI=1S/C40H52FN5O4Si/c1-27(2)12-10-13-28(3)19-23-46-35-18-17-31(45-21-11-16-37(45)48)24-33(35)40(39(46)49)29(4)38(51(5,6)41)36(50-40)20-22-44-25-34(42-43-44)32(26-47)30-14-8-7-9-15-30/h7-9,12,14-15,17-19,24-25,29,32,36,38,47H,10-11,13,16,20-23,26H2,1-6H3/b28-19+/t29-,32?,36+,38-,40+/m1/s1. The number of amides is 2. The molecule has 3 aromatic rings. The number of fused-ring (bicyclic) bond motifs is 2. The number of carbonyl (C=O) groups is 2. The summed E-state index contributed by atoms with van der Waals surface area (Å²) in [5, 5.41) is 18.9. The van der Waals surface area contributed by atoms with E-state index in [1.54, 1.807) is 27.6 Å². The maximum Gasteiger partial charge on any atom is 0.264 e. The molecule has 3 aliphatic heterocycles. The van der Waals surface area contributed by atoms with E-state index in [0.717, 1.165) is 41.8 Å². The number of aromatic nitrogens is 3. The fourth-order valence-electron chi connectivity index (χ4n) is 8.41. The zero-order valence-corrected chi connectivity index (χ0v) is 31.8. The minimum atomic E-state index is -3.38. The lowest BCUT2D eigenvalue weighted by molar-refractivity contribution is -0.145. The molecule has 11 heteroatoms. The Balaban J connectivity index is 1.32. The summed E-state index contributed by atoms with van der Waals surface area (Å²) in [6.07, 6.45) is 9.17. The maximum absolute atomic E-state index is 16.5. The van der Waals surface area contributed by atoms with Crippen molar-refractivity contribution in [3.05, 3.63) is 94.8 Å². The van der Waals surface area contributed by atoms with Crippen molar-refractivity contribution in [1.82, 2.24) is 15.0 Å². The Bertz CT molecular complexity index is 1800. The van der Waals surface area contributed by atoms with Crippen molar-refractivity contribution in [3.63, 3.8) is 0 Å². The minimum Gasteiger partial charge on any atom is -0.395 e. The molecule has 9 nitrogen and oxygen atoms in total. The summed E-state index contributed by atoms with van der Waals surface area (Å²) in [6, 6.07) is 15.5. The van der Waals surface area contributed by atoms with Gasteiger partial charge in [-0.05, 0) is 83.3 Å². The molecule has 2 aromatic carbocycles. The summed E-state index contributed by atoms with van der Waals surface area (Å²) in [7, 11) is -3.38. The van der Waals surface area contributed by atoms with E-state index in [-0.39, 0.29) is 24.3 Å². The number of hydrogen-bond donors (Lipinski definition) is 1. The summed E-state index contributed by atoms with van der Waals surface area (Å²) < 4.78 is 25.2. The van der Waals surface area contributed by atoms with Crippen molar-refractivity contribution in [1.29, 1.82) is 0 Å². The second-order valence-corrected chi connectivity index (χ2v) is 19.0. The third-order valence-corrected chi connectivity index (χ3v) is 13.4. The first-order chi connectivity index (χ1) is 24.3. The number of carbonyl (C=O) groups excluding carboxylic acids is 2. The molecule has 2 saturated heterocycles. The topological polar surface area (TPSA) is 101 Å². The first-order valence-electron chi connectivity index (χ1n) is 18.3. The average molecular weight is 714 g/mol. The van der Waals surface area contributed by atoms with Crippen molar-refractivity contribution in [2.24, 2.45) is 5.92 Å². The number of aryl methyl sites for hydroxylation is 1. The van der Waals surface area contributed by atoms with E-state index in [1.807, 2.05) is 61.7 Å². The van der Waals surface area contributed by atoms with Gasteiger partial charge in [0, 0.05) is 55.0 Å². The van der Waals surface area contributed by atoms with Gasteiger partial charge in [-0.25, -0.2) is 0 Å². The first kappa shape index (κ1) is 36.8. The second-order valence-electron chi connectivity index (χ2n) is 15.2. The number of anilines is 2. The van der Waals surface area contributed by atoms with E-state index < -0.39 is 31.6 Å². The van der Waals surface area contributed by atoms with Gasteiger partial charge in [0.15, 0.2) is 5.60 Å². The van der Waals surface area contributed by atoms with Crippen molar-refractivity contribution < 1.29 is 23.5 Å². The number of benzene rings is 2. The number of nitrogens with zero attached hydrogens (tertiary/aromatic N) is 5. The van der Waals surface area contributed by atoms with E-state index in [9.17, 15) is 14.7 Å². The van der Waals surface area contributed by atoms with Gasteiger partial charge < -0.3 is 23.8 Å². The average Bonchev–Trinajstić information content (AvgIpc) is 3.85. The highest BCUT2D eigenvalue weighted by atomic mass is 28.4. The first-order valence-corrected chi connectivity index (χ1v) is 21.3. The molecule has 6 rings (SSSR count). The van der Waals surface area contributed by atoms with Crippen molar-refractivity contribution in [3.8, 4) is 0 Å². The lowest BCUT2D eigenvalue weighted by Crippen LogP contribution is -2.45. The molecule has 1 aromatic heterocycles. The fourth-order valence-corrected chi connectivity index (χ4v) is 11.0. The van der Waals surface area contributed by atoms with Gasteiger partial charge in [-0.15, -0.1) is 5.10 Å². The van der Waals surface area contributed by atoms with Gasteiger partial charge in [-0.2, -0.15) is 0 Å². The number of halogens is 1. The quantitative estimate of drug-likeness (QED) is 0.112. The van der Waals surface area contributed by atoms with Crippen LogP contribution in [0.15, 0.2) is 78.0 Å². The molecule has 4 heterocycles. The Morgan fingerprint density at radius 2 is 1.90 bits per heavy atom. The van der Waals surface area contributed by atoms with Crippen LogP contribution in [-0.2, 0) is 26.5 Å². The molecule has 272 valence electrons. The van der Waals surface area contributed by atoms with E-state index in [1.165, 1.54) is 11.1 Å². The third-order valence-electron chi connectivity index (χ3n) is 11.0. The van der Waals surface area contributed by atoms with Crippen molar-refractivity contribution in [2.75, 3.05) is 29.5 Å². The highest BCUT2D eigenvalue weighted by Gasteiger charge is 2.66. The number of hydrogen-bond acceptors (Lipinski definition) is 6. The number of aliphatic hydroxyl groups excluding tert-OH is 1. The van der Waals surface area contributed by atoms with E-state index in [2.05, 4.69) is 43.2 Å². The Morgan fingerprint density at radius 3 is 2.57 bits per heavy atom. The Labute approximate surface area is 302 Å². The lowest BCUT2D eigenvalue weighted by atomic mass is 9.82. The molecule has 5 atom stereocenters. The molecule has 3 aliphatic rings. The van der Waals surface area contributed by atoms with E-state index in [0.29, 0.717) is 38.2 Å². The van der Waals surface area contributed by atoms with Crippen LogP contribution >= 0.6 is 0 Å². The van der Waals surface area contributed by atoms with Crippen molar-refractivity contribution in [2.45, 2.75) is 103 Å². The summed E-state index contributed by atoms with van der Waals surface area (Å²) >= 11 is 0. The van der Waals surface area contributed by atoms with Crippen LogP contribution in [0.4, 0.5) is 15.5 Å². The van der Waals surface area contributed by atoms with Gasteiger partial charge in [0.2, 0.25) is 14.3 Å². The summed E-state index contributed by atoms with van der Waals surface area (Å²) in [5.74, 6) is -0.862. The minimum absolute atomic E-state index is 0.0662. The normalized spacial score (nSPS) is 24.2. The summed E-state index contributed by atoms with van der Waals surface area (Å²) in [5.41, 5.74) is 4.45. The molecule has 0 bridgehead atoms. The Morgan fingerprint density at radius 1 is 1.14 bits per heavy atom. The molecule has 1 unspecified atom stereocenters. The second kappa shape index (κ2) is 15.0. The van der Waals surface area contributed by atoms with Crippen LogP contribution in [0, 0.1) is 5.92 Å². The number of ether oxygens (including phenoxy) is 1. The van der Waals surface area contributed by atoms with E-state index in [4.69, 9.17) is 4.74 Å². The molecule has 51 heavy (non-hydrogen) atoms. The van der Waals surface area contributed by atoms with Gasteiger partial charge in [0.05, 0.1) is 30.0 Å². The smallest absolute Gasteiger partial charge is 0.264 e. The predicted octanol–water partition coefficient (Wildman–Crippen LogP) is 7.43. The molecule has 1 spiro atoms. The molecule has 0 saturated carbocycles. The SMILES string of the molecule is CC(C)=CCC/C(C)=C/CN1C(=O)[C@@]2(O[C@@H](CCn3cc(C(CO)c4ccccc4)nn3)[C@H]([Si](C)(C)F)[C@H]2C)c2cc(N3CCCC3=O)ccc21. The highest BCUT2D eigenvalue weighted by Crippen LogP contribution is 2.60. The Kier molecular flexibility index (Phi) is 10.8. The number of aliphatic hydroxyl groups is 1. The van der Waals surface area contributed by atoms with Crippen LogP contribution in [0.1, 0.15) is 82.5 Å². The maximum atomic E-state index is 16.5. The zero-order valence-electron chi connectivity index (χ0n) is 30.8.